The standard InChI is InChI=1S/C21H16N2O/c22-23-21(24)15-10-8-14(9-11-15)19-7-3-6-18-12-16-4-1-2-5-17(16)13-20(18)19/h1-13H,22H2,(H,23,24). The fraction of sp³-hybridized carbons (Fsp3) is 0. The van der Waals surface area contributed by atoms with Crippen LogP contribution >= 0.6 is 0 Å². The normalized spacial score (nSPS) is 10.9. The number of nitrogens with two attached hydrogens (primary N) is 1. The van der Waals surface area contributed by atoms with Gasteiger partial charge in [-0.05, 0) is 56.9 Å². The lowest BCUT2D eigenvalue weighted by Crippen LogP contribution is -2.29. The van der Waals surface area contributed by atoms with E-state index in [1.165, 1.54) is 21.5 Å². The van der Waals surface area contributed by atoms with Gasteiger partial charge in [0.15, 0.2) is 0 Å². The molecule has 24 heavy (non-hydrogen) atoms. The molecule has 3 nitrogen and oxygen atoms in total. The van der Waals surface area contributed by atoms with Crippen molar-refractivity contribution >= 4 is 27.5 Å². The minimum atomic E-state index is -0.287. The summed E-state index contributed by atoms with van der Waals surface area (Å²) in [5.41, 5.74) is 4.92. The molecule has 4 aromatic carbocycles. The topological polar surface area (TPSA) is 55.1 Å². The van der Waals surface area contributed by atoms with Gasteiger partial charge in [0.2, 0.25) is 0 Å². The molecule has 0 atom stereocenters. The summed E-state index contributed by atoms with van der Waals surface area (Å²) in [7, 11) is 0. The molecular weight excluding hydrogens is 296 g/mol. The number of benzene rings is 4. The molecule has 3 N–H and O–H groups in total. The van der Waals surface area contributed by atoms with Crippen LogP contribution in [0.3, 0.4) is 0 Å². The molecule has 0 saturated carbocycles. The highest BCUT2D eigenvalue weighted by Crippen LogP contribution is 2.31. The summed E-state index contributed by atoms with van der Waals surface area (Å²) in [6, 6.07) is 26.6. The van der Waals surface area contributed by atoms with Gasteiger partial charge >= 0.3 is 0 Å². The van der Waals surface area contributed by atoms with Crippen molar-refractivity contribution < 1.29 is 4.79 Å². The number of rotatable bonds is 2. The number of nitrogen functional groups attached to an aromatic ring is 1. The Morgan fingerprint density at radius 1 is 0.750 bits per heavy atom. The zero-order chi connectivity index (χ0) is 16.5. The van der Waals surface area contributed by atoms with Gasteiger partial charge in [-0.1, -0.05) is 54.6 Å². The smallest absolute Gasteiger partial charge is 0.265 e. The molecule has 0 aliphatic heterocycles. The largest absolute Gasteiger partial charge is 0.290 e. The maximum absolute atomic E-state index is 11.6. The predicted octanol–water partition coefficient (Wildman–Crippen LogP) is 4.26. The highest BCUT2D eigenvalue weighted by molar-refractivity contribution is 6.05. The summed E-state index contributed by atoms with van der Waals surface area (Å²) in [6.07, 6.45) is 0. The van der Waals surface area contributed by atoms with Crippen LogP contribution < -0.4 is 11.3 Å². The number of carbonyl (C=O) groups is 1. The highest BCUT2D eigenvalue weighted by Gasteiger charge is 2.07. The fourth-order valence-corrected chi connectivity index (χ4v) is 3.10. The number of carbonyl (C=O) groups excluding carboxylic acids is 1. The summed E-state index contributed by atoms with van der Waals surface area (Å²) < 4.78 is 0. The molecule has 4 rings (SSSR count). The van der Waals surface area contributed by atoms with Gasteiger partial charge in [0.1, 0.15) is 0 Å². The molecule has 0 radical (unpaired) electrons. The van der Waals surface area contributed by atoms with Crippen molar-refractivity contribution in [3.63, 3.8) is 0 Å². The monoisotopic (exact) mass is 312 g/mol. The van der Waals surface area contributed by atoms with Crippen LogP contribution in [0.25, 0.3) is 32.7 Å². The van der Waals surface area contributed by atoms with Crippen molar-refractivity contribution in [2.45, 2.75) is 0 Å². The van der Waals surface area contributed by atoms with Crippen molar-refractivity contribution in [2.75, 3.05) is 0 Å². The zero-order valence-electron chi connectivity index (χ0n) is 13.0. The first-order valence-corrected chi connectivity index (χ1v) is 7.79. The van der Waals surface area contributed by atoms with E-state index in [4.69, 9.17) is 5.84 Å². The number of hydrogen-bond donors (Lipinski definition) is 2. The van der Waals surface area contributed by atoms with Crippen LogP contribution in [0.5, 0.6) is 0 Å². The van der Waals surface area contributed by atoms with E-state index in [0.29, 0.717) is 5.56 Å². The Morgan fingerprint density at radius 3 is 2.12 bits per heavy atom. The van der Waals surface area contributed by atoms with Gasteiger partial charge in [-0.25, -0.2) is 5.84 Å². The molecule has 0 aliphatic carbocycles. The van der Waals surface area contributed by atoms with Gasteiger partial charge in [0.05, 0.1) is 0 Å². The first-order valence-electron chi connectivity index (χ1n) is 7.79. The van der Waals surface area contributed by atoms with Gasteiger partial charge in [0, 0.05) is 5.56 Å². The van der Waals surface area contributed by atoms with Crippen molar-refractivity contribution in [1.29, 1.82) is 0 Å². The summed E-state index contributed by atoms with van der Waals surface area (Å²) >= 11 is 0. The van der Waals surface area contributed by atoms with E-state index < -0.39 is 0 Å². The van der Waals surface area contributed by atoms with E-state index >= 15 is 0 Å². The Labute approximate surface area is 139 Å². The minimum absolute atomic E-state index is 0.287. The first-order chi connectivity index (χ1) is 11.8. The molecule has 3 heteroatoms. The van der Waals surface area contributed by atoms with E-state index in [0.717, 1.165) is 11.1 Å². The molecule has 0 spiro atoms. The van der Waals surface area contributed by atoms with Crippen LogP contribution in [0.4, 0.5) is 0 Å². The van der Waals surface area contributed by atoms with E-state index in [1.807, 2.05) is 12.1 Å². The Hall–Kier alpha value is -3.17. The molecule has 0 aromatic heterocycles. The van der Waals surface area contributed by atoms with Gasteiger partial charge in [0.25, 0.3) is 5.91 Å². The van der Waals surface area contributed by atoms with Crippen LogP contribution in [-0.2, 0) is 0 Å². The van der Waals surface area contributed by atoms with Gasteiger partial charge < -0.3 is 0 Å². The van der Waals surface area contributed by atoms with Gasteiger partial charge in [-0.3, -0.25) is 10.2 Å². The average Bonchev–Trinajstić information content (AvgIpc) is 2.65. The summed E-state index contributed by atoms with van der Waals surface area (Å²) in [4.78, 5) is 11.6. The molecule has 0 fully saturated rings. The molecule has 0 aliphatic rings. The van der Waals surface area contributed by atoms with Crippen LogP contribution in [0.15, 0.2) is 78.9 Å². The molecule has 4 aromatic rings. The highest BCUT2D eigenvalue weighted by atomic mass is 16.2. The molecule has 116 valence electrons. The van der Waals surface area contributed by atoms with Crippen LogP contribution in [0, 0.1) is 0 Å². The molecule has 0 heterocycles. The minimum Gasteiger partial charge on any atom is -0.290 e. The Morgan fingerprint density at radius 2 is 1.42 bits per heavy atom. The molecule has 0 saturated heterocycles. The Kier molecular flexibility index (Phi) is 3.48. The molecule has 0 bridgehead atoms. The molecular formula is C21H16N2O. The zero-order valence-corrected chi connectivity index (χ0v) is 13.0. The third-order valence-electron chi connectivity index (χ3n) is 4.34. The maximum Gasteiger partial charge on any atom is 0.265 e. The third kappa shape index (κ3) is 2.41. The summed E-state index contributed by atoms with van der Waals surface area (Å²) in [5.74, 6) is 4.89. The van der Waals surface area contributed by atoms with Crippen LogP contribution in [-0.4, -0.2) is 5.91 Å². The van der Waals surface area contributed by atoms with E-state index in [-0.39, 0.29) is 5.91 Å². The number of hydrogen-bond acceptors (Lipinski definition) is 2. The summed E-state index contributed by atoms with van der Waals surface area (Å²) in [5, 5.41) is 4.86. The number of hydrazine groups is 1. The lowest BCUT2D eigenvalue weighted by Gasteiger charge is -2.09. The predicted molar refractivity (Wildman–Crippen MR) is 98.5 cm³/mol. The number of fused-ring (bicyclic) bond motifs is 2. The van der Waals surface area contributed by atoms with E-state index in [2.05, 4.69) is 60.0 Å². The quantitative estimate of drug-likeness (QED) is 0.251. The van der Waals surface area contributed by atoms with Crippen molar-refractivity contribution in [2.24, 2.45) is 5.84 Å². The van der Waals surface area contributed by atoms with Crippen molar-refractivity contribution in [3.05, 3.63) is 84.4 Å². The maximum atomic E-state index is 11.6. The second kappa shape index (κ2) is 5.80. The lowest BCUT2D eigenvalue weighted by molar-refractivity contribution is 0.0953. The second-order valence-electron chi connectivity index (χ2n) is 5.78. The molecule has 0 unspecified atom stereocenters. The van der Waals surface area contributed by atoms with Crippen molar-refractivity contribution in [1.82, 2.24) is 5.43 Å². The van der Waals surface area contributed by atoms with Gasteiger partial charge in [-0.2, -0.15) is 0 Å². The summed E-state index contributed by atoms with van der Waals surface area (Å²) in [6.45, 7) is 0. The Balaban J connectivity index is 1.89. The second-order valence-corrected chi connectivity index (χ2v) is 5.78. The SMILES string of the molecule is NNC(=O)c1ccc(-c2cccc3cc4ccccc4cc23)cc1. The number of amides is 1. The lowest BCUT2D eigenvalue weighted by atomic mass is 9.95. The van der Waals surface area contributed by atoms with Crippen molar-refractivity contribution in [3.8, 4) is 11.1 Å². The van der Waals surface area contributed by atoms with Crippen LogP contribution in [0.1, 0.15) is 10.4 Å². The Bertz CT molecular complexity index is 1050. The van der Waals surface area contributed by atoms with Crippen LogP contribution in [0.2, 0.25) is 0 Å². The molecule has 1 amide bonds. The van der Waals surface area contributed by atoms with E-state index in [1.54, 1.807) is 12.1 Å². The van der Waals surface area contributed by atoms with Gasteiger partial charge in [-0.15, -0.1) is 0 Å². The number of nitrogens with one attached hydrogen (secondary N) is 1. The fourth-order valence-electron chi connectivity index (χ4n) is 3.10. The average molecular weight is 312 g/mol. The van der Waals surface area contributed by atoms with E-state index in [9.17, 15) is 4.79 Å². The first kappa shape index (κ1) is 14.4. The third-order valence-corrected chi connectivity index (χ3v) is 4.34.